The number of benzene rings is 2. The fourth-order valence-electron chi connectivity index (χ4n) is 2.49. The van der Waals surface area contributed by atoms with Gasteiger partial charge in [-0.15, -0.1) is 0 Å². The molecule has 0 saturated heterocycles. The van der Waals surface area contributed by atoms with Crippen LogP contribution >= 0.6 is 0 Å². The highest BCUT2D eigenvalue weighted by Crippen LogP contribution is 2.17. The van der Waals surface area contributed by atoms with Crippen LogP contribution in [-0.4, -0.2) is 24.7 Å². The van der Waals surface area contributed by atoms with Crippen molar-refractivity contribution < 1.29 is 14.6 Å². The highest BCUT2D eigenvalue weighted by Gasteiger charge is 2.15. The van der Waals surface area contributed by atoms with E-state index < -0.39 is 6.10 Å². The first-order valence-corrected chi connectivity index (χ1v) is 8.15. The van der Waals surface area contributed by atoms with Gasteiger partial charge in [0.1, 0.15) is 5.75 Å². The van der Waals surface area contributed by atoms with Crippen LogP contribution in [0.5, 0.6) is 5.75 Å². The number of aliphatic hydroxyl groups is 1. The molecule has 4 nitrogen and oxygen atoms in total. The molecule has 24 heavy (non-hydrogen) atoms. The molecule has 0 aromatic heterocycles. The number of hydrogen-bond acceptors (Lipinski definition) is 3. The summed E-state index contributed by atoms with van der Waals surface area (Å²) in [6, 6.07) is 15.4. The van der Waals surface area contributed by atoms with Gasteiger partial charge in [0.2, 0.25) is 5.91 Å². The average Bonchev–Trinajstić information content (AvgIpc) is 2.61. The van der Waals surface area contributed by atoms with Crippen molar-refractivity contribution in [3.63, 3.8) is 0 Å². The van der Waals surface area contributed by atoms with Gasteiger partial charge in [0.25, 0.3) is 0 Å². The van der Waals surface area contributed by atoms with Gasteiger partial charge < -0.3 is 15.2 Å². The predicted octanol–water partition coefficient (Wildman–Crippen LogP) is 3.03. The molecule has 2 N–H and O–H groups in total. The van der Waals surface area contributed by atoms with Gasteiger partial charge in [-0.1, -0.05) is 48.9 Å². The van der Waals surface area contributed by atoms with E-state index in [9.17, 15) is 9.90 Å². The fourth-order valence-corrected chi connectivity index (χ4v) is 2.49. The molecule has 0 radical (unpaired) electrons. The average molecular weight is 327 g/mol. The minimum atomic E-state index is -0.730. The van der Waals surface area contributed by atoms with Gasteiger partial charge in [-0.2, -0.15) is 0 Å². The summed E-state index contributed by atoms with van der Waals surface area (Å²) in [6.07, 6.45) is -0.0449. The van der Waals surface area contributed by atoms with Crippen LogP contribution < -0.4 is 10.1 Å². The Morgan fingerprint density at radius 1 is 1.12 bits per heavy atom. The minimum absolute atomic E-state index is 0.0527. The SMILES string of the molecule is COc1ccc(C(O)CNC(=O)C(C)Cc2ccc(C)cc2)cc1. The third kappa shape index (κ3) is 5.10. The van der Waals surface area contributed by atoms with Crippen LogP contribution in [0.2, 0.25) is 0 Å². The Labute approximate surface area is 143 Å². The first-order valence-electron chi connectivity index (χ1n) is 8.15. The van der Waals surface area contributed by atoms with Gasteiger partial charge in [-0.3, -0.25) is 4.79 Å². The Morgan fingerprint density at radius 3 is 2.33 bits per heavy atom. The quantitative estimate of drug-likeness (QED) is 0.822. The third-order valence-electron chi connectivity index (χ3n) is 4.08. The van der Waals surface area contributed by atoms with Gasteiger partial charge in [0.05, 0.1) is 13.2 Å². The number of carbonyl (C=O) groups excluding carboxylic acids is 1. The number of amides is 1. The minimum Gasteiger partial charge on any atom is -0.497 e. The van der Waals surface area contributed by atoms with Crippen molar-refractivity contribution in [3.05, 3.63) is 65.2 Å². The molecule has 2 aromatic rings. The number of aryl methyl sites for hydroxylation is 1. The normalized spacial score (nSPS) is 13.2. The molecule has 2 atom stereocenters. The molecule has 4 heteroatoms. The van der Waals surface area contributed by atoms with E-state index in [1.165, 1.54) is 5.56 Å². The molecule has 0 bridgehead atoms. The van der Waals surface area contributed by atoms with Crippen LogP contribution in [0.15, 0.2) is 48.5 Å². The molecule has 2 unspecified atom stereocenters. The lowest BCUT2D eigenvalue weighted by molar-refractivity contribution is -0.124. The van der Waals surface area contributed by atoms with E-state index in [-0.39, 0.29) is 18.4 Å². The van der Waals surface area contributed by atoms with Gasteiger partial charge in [-0.25, -0.2) is 0 Å². The van der Waals surface area contributed by atoms with Crippen LogP contribution in [-0.2, 0) is 11.2 Å². The number of carbonyl (C=O) groups is 1. The highest BCUT2D eigenvalue weighted by molar-refractivity contribution is 5.78. The van der Waals surface area contributed by atoms with E-state index in [0.29, 0.717) is 6.42 Å². The van der Waals surface area contributed by atoms with Crippen molar-refractivity contribution in [3.8, 4) is 5.75 Å². The first-order chi connectivity index (χ1) is 11.5. The monoisotopic (exact) mass is 327 g/mol. The second-order valence-corrected chi connectivity index (χ2v) is 6.12. The van der Waals surface area contributed by atoms with E-state index >= 15 is 0 Å². The summed E-state index contributed by atoms with van der Waals surface area (Å²) in [5.41, 5.74) is 3.10. The van der Waals surface area contributed by atoms with Crippen LogP contribution in [0.25, 0.3) is 0 Å². The Bertz CT molecular complexity index is 650. The standard InChI is InChI=1S/C20H25NO3/c1-14-4-6-16(7-5-14)12-15(2)20(23)21-13-19(22)17-8-10-18(24-3)11-9-17/h4-11,15,19,22H,12-13H2,1-3H3,(H,21,23). The maximum absolute atomic E-state index is 12.2. The second kappa shape index (κ2) is 8.50. The lowest BCUT2D eigenvalue weighted by Gasteiger charge is -2.16. The molecule has 2 rings (SSSR count). The molecule has 0 aliphatic carbocycles. The summed E-state index contributed by atoms with van der Waals surface area (Å²) in [7, 11) is 1.60. The van der Waals surface area contributed by atoms with Crippen molar-refractivity contribution in [2.24, 2.45) is 5.92 Å². The zero-order valence-corrected chi connectivity index (χ0v) is 14.5. The molecule has 1 amide bonds. The van der Waals surface area contributed by atoms with Crippen molar-refractivity contribution in [1.82, 2.24) is 5.32 Å². The Hall–Kier alpha value is -2.33. The molecular formula is C20H25NO3. The summed E-state index contributed by atoms with van der Waals surface area (Å²) >= 11 is 0. The Kier molecular flexibility index (Phi) is 6.38. The number of hydrogen-bond donors (Lipinski definition) is 2. The van der Waals surface area contributed by atoms with Crippen molar-refractivity contribution in [2.45, 2.75) is 26.4 Å². The topological polar surface area (TPSA) is 58.6 Å². The predicted molar refractivity (Wildman–Crippen MR) is 95.0 cm³/mol. The number of rotatable bonds is 7. The zero-order valence-electron chi connectivity index (χ0n) is 14.5. The molecule has 0 fully saturated rings. The molecule has 0 aliphatic rings. The van der Waals surface area contributed by atoms with Crippen LogP contribution in [0.1, 0.15) is 29.7 Å². The Morgan fingerprint density at radius 2 is 1.75 bits per heavy atom. The second-order valence-electron chi connectivity index (χ2n) is 6.12. The van der Waals surface area contributed by atoms with Crippen molar-refractivity contribution in [2.75, 3.05) is 13.7 Å². The molecular weight excluding hydrogens is 302 g/mol. The zero-order chi connectivity index (χ0) is 17.5. The van der Waals surface area contributed by atoms with Crippen LogP contribution in [0.3, 0.4) is 0 Å². The van der Waals surface area contributed by atoms with Gasteiger partial charge in [0, 0.05) is 12.5 Å². The van der Waals surface area contributed by atoms with Gasteiger partial charge in [0.15, 0.2) is 0 Å². The van der Waals surface area contributed by atoms with Gasteiger partial charge in [-0.05, 0) is 36.6 Å². The van der Waals surface area contributed by atoms with E-state index in [0.717, 1.165) is 16.9 Å². The highest BCUT2D eigenvalue weighted by atomic mass is 16.5. The number of nitrogens with one attached hydrogen (secondary N) is 1. The third-order valence-corrected chi connectivity index (χ3v) is 4.08. The maximum atomic E-state index is 12.2. The van der Waals surface area contributed by atoms with Crippen LogP contribution in [0.4, 0.5) is 0 Å². The number of methoxy groups -OCH3 is 1. The van der Waals surface area contributed by atoms with Crippen LogP contribution in [0, 0.1) is 12.8 Å². The largest absolute Gasteiger partial charge is 0.497 e. The maximum Gasteiger partial charge on any atom is 0.223 e. The van der Waals surface area contributed by atoms with E-state index in [1.54, 1.807) is 31.4 Å². The molecule has 2 aromatic carbocycles. The van der Waals surface area contributed by atoms with Gasteiger partial charge >= 0.3 is 0 Å². The fraction of sp³-hybridized carbons (Fsp3) is 0.350. The summed E-state index contributed by atoms with van der Waals surface area (Å²) < 4.78 is 5.09. The first kappa shape index (κ1) is 18.0. The Balaban J connectivity index is 1.83. The lowest BCUT2D eigenvalue weighted by Crippen LogP contribution is -2.33. The molecule has 0 spiro atoms. The number of aliphatic hydroxyl groups excluding tert-OH is 1. The summed E-state index contributed by atoms with van der Waals surface area (Å²) in [5, 5.41) is 13.0. The van der Waals surface area contributed by atoms with Crippen molar-refractivity contribution >= 4 is 5.91 Å². The summed E-state index contributed by atoms with van der Waals surface area (Å²) in [4.78, 5) is 12.2. The molecule has 0 aliphatic heterocycles. The number of ether oxygens (including phenoxy) is 1. The summed E-state index contributed by atoms with van der Waals surface area (Å²) in [6.45, 7) is 4.14. The lowest BCUT2D eigenvalue weighted by atomic mass is 9.99. The smallest absolute Gasteiger partial charge is 0.223 e. The molecule has 128 valence electrons. The summed E-state index contributed by atoms with van der Waals surface area (Å²) in [5.74, 6) is 0.542. The molecule has 0 saturated carbocycles. The van der Waals surface area contributed by atoms with Crippen molar-refractivity contribution in [1.29, 1.82) is 0 Å². The van der Waals surface area contributed by atoms with E-state index in [2.05, 4.69) is 5.32 Å². The van der Waals surface area contributed by atoms with E-state index in [1.807, 2.05) is 38.1 Å². The molecule has 0 heterocycles. The van der Waals surface area contributed by atoms with E-state index in [4.69, 9.17) is 4.74 Å².